The monoisotopic (exact) mass is 456 g/mol. The third-order valence-electron chi connectivity index (χ3n) is 4.69. The Labute approximate surface area is 186 Å². The molecule has 2 aromatic carbocycles. The highest BCUT2D eigenvalue weighted by Gasteiger charge is 2.25. The van der Waals surface area contributed by atoms with Crippen molar-refractivity contribution in [1.82, 2.24) is 10.3 Å². The van der Waals surface area contributed by atoms with Crippen LogP contribution in [-0.2, 0) is 6.54 Å². The first-order chi connectivity index (χ1) is 14.8. The van der Waals surface area contributed by atoms with E-state index in [2.05, 4.69) is 15.6 Å². The van der Waals surface area contributed by atoms with Crippen molar-refractivity contribution < 1.29 is 24.2 Å². The molecule has 0 saturated carbocycles. The number of thiazole rings is 1. The number of nitrogens with one attached hydrogen (secondary N) is 1. The summed E-state index contributed by atoms with van der Waals surface area (Å²) in [6, 6.07) is 10.3. The van der Waals surface area contributed by atoms with Gasteiger partial charge in [-0.3, -0.25) is 4.79 Å². The van der Waals surface area contributed by atoms with Crippen molar-refractivity contribution in [3.05, 3.63) is 63.5 Å². The molecule has 4 aromatic rings. The first kappa shape index (κ1) is 20.8. The molecule has 2 aromatic heterocycles. The molecule has 0 amide bonds. The van der Waals surface area contributed by atoms with Crippen LogP contribution >= 0.6 is 22.9 Å². The Morgan fingerprint density at radius 2 is 2.16 bits per heavy atom. The van der Waals surface area contributed by atoms with E-state index in [0.717, 1.165) is 5.56 Å². The van der Waals surface area contributed by atoms with E-state index in [4.69, 9.17) is 16.1 Å². The number of aromatic hydroxyl groups is 1. The number of phenolic OH excluding ortho intramolecular Hbond substituents is 1. The van der Waals surface area contributed by atoms with Crippen LogP contribution in [0.2, 0.25) is 5.02 Å². The summed E-state index contributed by atoms with van der Waals surface area (Å²) in [5.41, 5.74) is 2.85. The molecule has 31 heavy (non-hydrogen) atoms. The van der Waals surface area contributed by atoms with Gasteiger partial charge in [0.2, 0.25) is 5.69 Å². The SMILES string of the molecule is CC(=O)c1cccc(CNc2nc(-c3c([O-])on[n+]3-c3ccc(C)c(Cl)c3)cs2)c1O. The molecule has 0 aliphatic heterocycles. The highest BCUT2D eigenvalue weighted by molar-refractivity contribution is 7.14. The average molecular weight is 457 g/mol. The second kappa shape index (κ2) is 8.37. The van der Waals surface area contributed by atoms with Crippen molar-refractivity contribution in [2.75, 3.05) is 5.32 Å². The van der Waals surface area contributed by atoms with Crippen molar-refractivity contribution in [3.8, 4) is 28.8 Å². The zero-order valence-electron chi connectivity index (χ0n) is 16.5. The molecule has 0 bridgehead atoms. The maximum atomic E-state index is 12.3. The van der Waals surface area contributed by atoms with Gasteiger partial charge in [0.1, 0.15) is 5.75 Å². The van der Waals surface area contributed by atoms with Crippen LogP contribution in [0.25, 0.3) is 17.1 Å². The highest BCUT2D eigenvalue weighted by atomic mass is 35.5. The van der Waals surface area contributed by atoms with Gasteiger partial charge in [-0.25, -0.2) is 4.98 Å². The minimum atomic E-state index is -0.625. The molecule has 0 atom stereocenters. The number of halogens is 1. The van der Waals surface area contributed by atoms with Crippen molar-refractivity contribution >= 4 is 33.9 Å². The van der Waals surface area contributed by atoms with Gasteiger partial charge in [0, 0.05) is 29.6 Å². The Morgan fingerprint density at radius 3 is 2.90 bits per heavy atom. The van der Waals surface area contributed by atoms with E-state index in [0.29, 0.717) is 27.1 Å². The van der Waals surface area contributed by atoms with Gasteiger partial charge in [-0.1, -0.05) is 29.8 Å². The van der Waals surface area contributed by atoms with Gasteiger partial charge >= 0.3 is 0 Å². The zero-order chi connectivity index (χ0) is 22.1. The largest absolute Gasteiger partial charge is 0.539 e. The van der Waals surface area contributed by atoms with Gasteiger partial charge in [0.15, 0.2) is 22.6 Å². The summed E-state index contributed by atoms with van der Waals surface area (Å²) in [4.78, 5) is 16.0. The molecule has 0 spiro atoms. The first-order valence-electron chi connectivity index (χ1n) is 9.22. The Kier molecular flexibility index (Phi) is 5.62. The molecule has 0 saturated heterocycles. The summed E-state index contributed by atoms with van der Waals surface area (Å²) in [5.74, 6) is -0.901. The number of phenols is 1. The lowest BCUT2D eigenvalue weighted by molar-refractivity contribution is -0.660. The fourth-order valence-corrected chi connectivity index (χ4v) is 3.87. The summed E-state index contributed by atoms with van der Waals surface area (Å²) < 4.78 is 6.21. The number of aromatic nitrogens is 3. The van der Waals surface area contributed by atoms with E-state index in [1.165, 1.54) is 22.9 Å². The standard InChI is InChI=1S/C21H17ClN4O4S/c1-11-6-7-14(8-16(11)22)26-18(20(29)30-25-26)17-10-31-21(24-17)23-9-13-4-3-5-15(12(2)27)19(13)28/h3-8,10H,9H2,1-2H3,(H2-,23,24,25,27,28,29). The summed E-state index contributed by atoms with van der Waals surface area (Å²) in [6.07, 6.45) is 0. The highest BCUT2D eigenvalue weighted by Crippen LogP contribution is 2.30. The molecular formula is C21H17ClN4O4S. The van der Waals surface area contributed by atoms with Crippen LogP contribution in [0, 0.1) is 6.92 Å². The third-order valence-corrected chi connectivity index (χ3v) is 5.89. The van der Waals surface area contributed by atoms with Gasteiger partial charge in [0.25, 0.3) is 5.69 Å². The Balaban J connectivity index is 1.59. The van der Waals surface area contributed by atoms with Crippen LogP contribution in [0.3, 0.4) is 0 Å². The number of carbonyl (C=O) groups is 1. The zero-order valence-corrected chi connectivity index (χ0v) is 18.1. The molecule has 8 nitrogen and oxygen atoms in total. The number of carbonyl (C=O) groups excluding carboxylic acids is 1. The number of para-hydroxylation sites is 1. The van der Waals surface area contributed by atoms with Crippen LogP contribution in [0.4, 0.5) is 5.13 Å². The summed E-state index contributed by atoms with van der Waals surface area (Å²) in [6.45, 7) is 3.53. The second-order valence-electron chi connectivity index (χ2n) is 6.82. The van der Waals surface area contributed by atoms with Crippen molar-refractivity contribution in [3.63, 3.8) is 0 Å². The fraction of sp³-hybridized carbons (Fsp3) is 0.143. The van der Waals surface area contributed by atoms with Crippen LogP contribution in [0.5, 0.6) is 11.7 Å². The van der Waals surface area contributed by atoms with Crippen molar-refractivity contribution in [2.24, 2.45) is 0 Å². The Morgan fingerprint density at radius 1 is 1.35 bits per heavy atom. The Bertz CT molecular complexity index is 1280. The number of rotatable bonds is 6. The Hall–Kier alpha value is -3.43. The minimum absolute atomic E-state index is 0.0609. The smallest absolute Gasteiger partial charge is 0.289 e. The van der Waals surface area contributed by atoms with Crippen molar-refractivity contribution in [2.45, 2.75) is 20.4 Å². The molecule has 0 aliphatic rings. The number of hydrogen-bond acceptors (Lipinski definition) is 8. The number of anilines is 1. The number of hydrogen-bond donors (Lipinski definition) is 2. The van der Waals surface area contributed by atoms with Crippen LogP contribution in [0.15, 0.2) is 46.3 Å². The molecule has 2 N–H and O–H groups in total. The van der Waals surface area contributed by atoms with Crippen LogP contribution < -0.4 is 15.1 Å². The number of benzene rings is 2. The number of ketones is 1. The molecule has 0 aliphatic carbocycles. The number of Topliss-reactive ketones (excluding diaryl/α,β-unsaturated/α-hetero) is 1. The van der Waals surface area contributed by atoms with Crippen molar-refractivity contribution in [1.29, 1.82) is 0 Å². The average Bonchev–Trinajstić information content (AvgIpc) is 3.35. The molecule has 0 fully saturated rings. The molecule has 4 rings (SSSR count). The quantitative estimate of drug-likeness (QED) is 0.336. The fourth-order valence-electron chi connectivity index (χ4n) is 3.00. The predicted octanol–water partition coefficient (Wildman–Crippen LogP) is 3.63. The normalized spacial score (nSPS) is 10.9. The lowest BCUT2D eigenvalue weighted by Crippen LogP contribution is -2.34. The van der Waals surface area contributed by atoms with E-state index < -0.39 is 5.95 Å². The molecule has 0 radical (unpaired) electrons. The van der Waals surface area contributed by atoms with Crippen LogP contribution in [-0.4, -0.2) is 21.1 Å². The van der Waals surface area contributed by atoms with E-state index in [1.54, 1.807) is 35.7 Å². The van der Waals surface area contributed by atoms with E-state index in [1.807, 2.05) is 13.0 Å². The molecule has 10 heteroatoms. The van der Waals surface area contributed by atoms with E-state index in [9.17, 15) is 15.0 Å². The van der Waals surface area contributed by atoms with Gasteiger partial charge in [0.05, 0.1) is 15.9 Å². The summed E-state index contributed by atoms with van der Waals surface area (Å²) >= 11 is 7.48. The minimum Gasteiger partial charge on any atom is -0.539 e. The number of aryl methyl sites for hydroxylation is 1. The van der Waals surface area contributed by atoms with Crippen LogP contribution in [0.1, 0.15) is 28.4 Å². The number of nitrogens with zero attached hydrogens (tertiary/aromatic N) is 3. The molecule has 158 valence electrons. The molecular weight excluding hydrogens is 440 g/mol. The summed E-state index contributed by atoms with van der Waals surface area (Å²) in [7, 11) is 0. The predicted molar refractivity (Wildman–Crippen MR) is 114 cm³/mol. The lowest BCUT2D eigenvalue weighted by Gasteiger charge is -2.08. The molecule has 2 heterocycles. The topological polar surface area (TPSA) is 115 Å². The van der Waals surface area contributed by atoms with Gasteiger partial charge < -0.3 is 20.1 Å². The first-order valence-corrected chi connectivity index (χ1v) is 10.5. The molecule has 0 unspecified atom stereocenters. The summed E-state index contributed by atoms with van der Waals surface area (Å²) in [5, 5.41) is 32.3. The lowest BCUT2D eigenvalue weighted by atomic mass is 10.1. The van der Waals surface area contributed by atoms with Gasteiger partial charge in [-0.15, -0.1) is 11.3 Å². The van der Waals surface area contributed by atoms with Gasteiger partial charge in [-0.2, -0.15) is 0 Å². The van der Waals surface area contributed by atoms with E-state index in [-0.39, 0.29) is 29.3 Å². The maximum Gasteiger partial charge on any atom is 0.289 e. The second-order valence-corrected chi connectivity index (χ2v) is 8.08. The maximum absolute atomic E-state index is 12.3. The van der Waals surface area contributed by atoms with E-state index >= 15 is 0 Å². The third kappa shape index (κ3) is 4.10. The van der Waals surface area contributed by atoms with Gasteiger partial charge in [-0.05, 0) is 30.2 Å².